The molecule has 2 aromatic carbocycles. The van der Waals surface area contributed by atoms with E-state index in [1.807, 2.05) is 19.1 Å². The molecule has 0 saturated heterocycles. The highest BCUT2D eigenvalue weighted by molar-refractivity contribution is 6.09. The first-order valence-electron chi connectivity index (χ1n) is 8.42. The van der Waals surface area contributed by atoms with Gasteiger partial charge in [-0.1, -0.05) is 37.3 Å². The quantitative estimate of drug-likeness (QED) is 0.691. The average molecular weight is 348 g/mol. The number of carbonyl (C=O) groups is 1. The number of para-hydroxylation sites is 1. The molecule has 1 heterocycles. The van der Waals surface area contributed by atoms with Gasteiger partial charge in [-0.25, -0.2) is 0 Å². The average Bonchev–Trinajstić information content (AvgIpc) is 2.66. The Morgan fingerprint density at radius 3 is 2.54 bits per heavy atom. The van der Waals surface area contributed by atoms with Gasteiger partial charge in [-0.3, -0.25) is 9.59 Å². The van der Waals surface area contributed by atoms with Crippen LogP contribution in [0.25, 0.3) is 10.9 Å². The van der Waals surface area contributed by atoms with Crippen molar-refractivity contribution in [1.29, 1.82) is 0 Å². The Kier molecular flexibility index (Phi) is 4.89. The van der Waals surface area contributed by atoms with Gasteiger partial charge in [0.2, 0.25) is 0 Å². The summed E-state index contributed by atoms with van der Waals surface area (Å²) in [7, 11) is 0. The molecule has 26 heavy (non-hydrogen) atoms. The summed E-state index contributed by atoms with van der Waals surface area (Å²) in [5, 5.41) is 13.7. The number of nitrogens with zero attached hydrogens (tertiary/aromatic N) is 1. The smallest absolute Gasteiger partial charge is 0.268 e. The fourth-order valence-electron chi connectivity index (χ4n) is 2.92. The molecular formula is C21H20N2O3. The zero-order valence-corrected chi connectivity index (χ0v) is 14.5. The minimum Gasteiger partial charge on any atom is -0.506 e. The molecule has 0 saturated carbocycles. The van der Waals surface area contributed by atoms with Crippen LogP contribution in [0.3, 0.4) is 0 Å². The third-order valence-electron chi connectivity index (χ3n) is 4.30. The lowest BCUT2D eigenvalue weighted by molar-refractivity contribution is 0.102. The predicted molar refractivity (Wildman–Crippen MR) is 104 cm³/mol. The molecule has 0 bridgehead atoms. The summed E-state index contributed by atoms with van der Waals surface area (Å²) in [6.45, 7) is 5.95. The molecule has 2 N–H and O–H groups in total. The van der Waals surface area contributed by atoms with Crippen molar-refractivity contribution in [2.24, 2.45) is 0 Å². The number of amides is 1. The number of carbonyl (C=O) groups excluding carboxylic acids is 1. The van der Waals surface area contributed by atoms with E-state index in [1.54, 1.807) is 42.5 Å². The van der Waals surface area contributed by atoms with E-state index >= 15 is 0 Å². The lowest BCUT2D eigenvalue weighted by Crippen LogP contribution is -2.29. The van der Waals surface area contributed by atoms with Crippen molar-refractivity contribution in [1.82, 2.24) is 4.57 Å². The highest BCUT2D eigenvalue weighted by Gasteiger charge is 2.21. The SMILES string of the molecule is C=CCn1c(=O)c(C(=O)Nc2ccc(CC)cc2)c(O)c2ccccc21. The number of benzene rings is 2. The van der Waals surface area contributed by atoms with Crippen molar-refractivity contribution in [3.8, 4) is 5.75 Å². The van der Waals surface area contributed by atoms with Crippen molar-refractivity contribution < 1.29 is 9.90 Å². The number of hydrogen-bond donors (Lipinski definition) is 2. The Hall–Kier alpha value is -3.34. The number of aryl methyl sites for hydroxylation is 1. The molecule has 3 rings (SSSR count). The summed E-state index contributed by atoms with van der Waals surface area (Å²) in [5.41, 5.74) is 1.44. The third-order valence-corrected chi connectivity index (χ3v) is 4.30. The topological polar surface area (TPSA) is 71.3 Å². The number of aromatic hydroxyl groups is 1. The molecule has 5 nitrogen and oxygen atoms in total. The fourth-order valence-corrected chi connectivity index (χ4v) is 2.92. The summed E-state index contributed by atoms with van der Waals surface area (Å²) in [5.74, 6) is -0.950. The molecule has 0 aliphatic carbocycles. The molecule has 0 spiro atoms. The number of rotatable bonds is 5. The minimum absolute atomic E-state index is 0.241. The normalized spacial score (nSPS) is 10.7. The molecule has 1 aromatic heterocycles. The number of pyridine rings is 1. The number of fused-ring (bicyclic) bond motifs is 1. The van der Waals surface area contributed by atoms with Gasteiger partial charge in [0.15, 0.2) is 0 Å². The molecule has 0 radical (unpaired) electrons. The van der Waals surface area contributed by atoms with Crippen LogP contribution in [0.5, 0.6) is 5.75 Å². The Balaban J connectivity index is 2.09. The molecule has 0 aliphatic heterocycles. The van der Waals surface area contributed by atoms with Crippen LogP contribution in [0, 0.1) is 0 Å². The Morgan fingerprint density at radius 2 is 1.88 bits per heavy atom. The molecule has 0 atom stereocenters. The number of anilines is 1. The first-order valence-corrected chi connectivity index (χ1v) is 8.42. The molecular weight excluding hydrogens is 328 g/mol. The van der Waals surface area contributed by atoms with Gasteiger partial charge in [-0.15, -0.1) is 6.58 Å². The predicted octanol–water partition coefficient (Wildman–Crippen LogP) is 3.71. The van der Waals surface area contributed by atoms with E-state index in [2.05, 4.69) is 11.9 Å². The maximum absolute atomic E-state index is 12.8. The van der Waals surface area contributed by atoms with Crippen LogP contribution in [0.15, 0.2) is 66.0 Å². The summed E-state index contributed by atoms with van der Waals surface area (Å²) < 4.78 is 1.43. The second kappa shape index (κ2) is 7.27. The molecule has 3 aromatic rings. The van der Waals surface area contributed by atoms with Crippen molar-refractivity contribution in [2.75, 3.05) is 5.32 Å². The monoisotopic (exact) mass is 348 g/mol. The van der Waals surface area contributed by atoms with Crippen LogP contribution >= 0.6 is 0 Å². The Bertz CT molecular complexity index is 1030. The highest BCUT2D eigenvalue weighted by Crippen LogP contribution is 2.27. The van der Waals surface area contributed by atoms with Crippen molar-refractivity contribution in [2.45, 2.75) is 19.9 Å². The number of aromatic nitrogens is 1. The van der Waals surface area contributed by atoms with Crippen molar-refractivity contribution in [3.05, 3.63) is 82.7 Å². The van der Waals surface area contributed by atoms with Crippen LogP contribution in [0.1, 0.15) is 22.8 Å². The largest absolute Gasteiger partial charge is 0.506 e. The van der Waals surface area contributed by atoms with Gasteiger partial charge < -0.3 is 15.0 Å². The lowest BCUT2D eigenvalue weighted by Gasteiger charge is -2.14. The first-order chi connectivity index (χ1) is 12.6. The van der Waals surface area contributed by atoms with E-state index in [1.165, 1.54) is 4.57 Å². The van der Waals surface area contributed by atoms with Crippen LogP contribution in [0.4, 0.5) is 5.69 Å². The maximum Gasteiger partial charge on any atom is 0.268 e. The van der Waals surface area contributed by atoms with Crippen LogP contribution in [-0.2, 0) is 13.0 Å². The van der Waals surface area contributed by atoms with Crippen LogP contribution in [0.2, 0.25) is 0 Å². The van der Waals surface area contributed by atoms with Crippen LogP contribution in [-0.4, -0.2) is 15.6 Å². The number of hydrogen-bond acceptors (Lipinski definition) is 3. The Labute approximate surface area is 151 Å². The van der Waals surface area contributed by atoms with Gasteiger partial charge in [0, 0.05) is 17.6 Å². The van der Waals surface area contributed by atoms with Gasteiger partial charge in [0.05, 0.1) is 5.52 Å². The number of nitrogens with one attached hydrogen (secondary N) is 1. The van der Waals surface area contributed by atoms with Gasteiger partial charge >= 0.3 is 0 Å². The second-order valence-electron chi connectivity index (χ2n) is 5.95. The zero-order chi connectivity index (χ0) is 18.7. The van der Waals surface area contributed by atoms with E-state index in [-0.39, 0.29) is 17.9 Å². The second-order valence-corrected chi connectivity index (χ2v) is 5.95. The fraction of sp³-hybridized carbons (Fsp3) is 0.143. The lowest BCUT2D eigenvalue weighted by atomic mass is 10.1. The van der Waals surface area contributed by atoms with Crippen LogP contribution < -0.4 is 10.9 Å². The molecule has 132 valence electrons. The Morgan fingerprint density at radius 1 is 1.19 bits per heavy atom. The third kappa shape index (κ3) is 3.11. The molecule has 0 fully saturated rings. The van der Waals surface area contributed by atoms with Gasteiger partial charge in [0.25, 0.3) is 11.5 Å². The summed E-state index contributed by atoms with van der Waals surface area (Å²) >= 11 is 0. The summed E-state index contributed by atoms with van der Waals surface area (Å²) in [6, 6.07) is 14.3. The first kappa shape index (κ1) is 17.5. The number of allylic oxidation sites excluding steroid dienone is 1. The molecule has 5 heteroatoms. The maximum atomic E-state index is 12.8. The van der Waals surface area contributed by atoms with Crippen molar-refractivity contribution in [3.63, 3.8) is 0 Å². The zero-order valence-electron chi connectivity index (χ0n) is 14.5. The summed E-state index contributed by atoms with van der Waals surface area (Å²) in [4.78, 5) is 25.5. The van der Waals surface area contributed by atoms with E-state index in [0.717, 1.165) is 12.0 Å². The van der Waals surface area contributed by atoms with E-state index in [9.17, 15) is 14.7 Å². The molecule has 0 unspecified atom stereocenters. The van der Waals surface area contributed by atoms with E-state index in [0.29, 0.717) is 16.6 Å². The summed E-state index contributed by atoms with van der Waals surface area (Å²) in [6.07, 6.45) is 2.47. The van der Waals surface area contributed by atoms with E-state index < -0.39 is 11.5 Å². The van der Waals surface area contributed by atoms with Gasteiger partial charge in [-0.2, -0.15) is 0 Å². The van der Waals surface area contributed by atoms with Gasteiger partial charge in [0.1, 0.15) is 11.3 Å². The van der Waals surface area contributed by atoms with Crippen molar-refractivity contribution >= 4 is 22.5 Å². The standard InChI is InChI=1S/C21H20N2O3/c1-3-13-23-17-8-6-5-7-16(17)19(24)18(21(23)26)20(25)22-15-11-9-14(4-2)10-12-15/h3,5-12,24H,1,4,13H2,2H3,(H,22,25). The minimum atomic E-state index is -0.639. The van der Waals surface area contributed by atoms with E-state index in [4.69, 9.17) is 0 Å². The van der Waals surface area contributed by atoms with Gasteiger partial charge in [-0.05, 0) is 36.2 Å². The molecule has 0 aliphatic rings. The molecule has 1 amide bonds. The highest BCUT2D eigenvalue weighted by atomic mass is 16.3.